The lowest BCUT2D eigenvalue weighted by atomic mass is 9.76. The Hall–Kier alpha value is -2.64. The van der Waals surface area contributed by atoms with Crippen molar-refractivity contribution < 1.29 is 24.1 Å². The number of carboxylic acids is 1. The molecule has 0 spiro atoms. The van der Waals surface area contributed by atoms with Gasteiger partial charge < -0.3 is 14.9 Å². The van der Waals surface area contributed by atoms with Gasteiger partial charge in [0.25, 0.3) is 0 Å². The van der Waals surface area contributed by atoms with E-state index in [4.69, 9.17) is 4.74 Å². The third-order valence-electron chi connectivity index (χ3n) is 7.16. The lowest BCUT2D eigenvalue weighted by molar-refractivity contribution is -0.142. The van der Waals surface area contributed by atoms with Crippen LogP contribution in [0.4, 0.5) is 4.39 Å². The van der Waals surface area contributed by atoms with Gasteiger partial charge >= 0.3 is 5.97 Å². The van der Waals surface area contributed by atoms with Crippen molar-refractivity contribution in [2.45, 2.75) is 25.8 Å². The first-order valence-corrected chi connectivity index (χ1v) is 11.6. The Morgan fingerprint density at radius 2 is 1.97 bits per heavy atom. The number of nitrogens with zero attached hydrogens (tertiary/aromatic N) is 2. The Morgan fingerprint density at radius 3 is 2.64 bits per heavy atom. The highest BCUT2D eigenvalue weighted by molar-refractivity contribution is 5.69. The fourth-order valence-corrected chi connectivity index (χ4v) is 5.06. The predicted molar refractivity (Wildman–Crippen MR) is 124 cm³/mol. The number of aliphatic carboxylic acids is 1. The normalized spacial score (nSPS) is 22.4. The van der Waals surface area contributed by atoms with Crippen LogP contribution in [0.2, 0.25) is 0 Å². The van der Waals surface area contributed by atoms with E-state index in [1.54, 1.807) is 13.0 Å². The molecular formula is C26H33FN2O4. The number of halogens is 1. The SMILES string of the molecule is C[C@H](CN1CCc2cc(O)ccc2[C@]1(C)c1ccc(OCCN2CC(CF)C2)cc1)C(=O)O. The first-order valence-electron chi connectivity index (χ1n) is 11.6. The first kappa shape index (κ1) is 23.5. The maximum Gasteiger partial charge on any atom is 0.307 e. The van der Waals surface area contributed by atoms with Crippen LogP contribution in [0.3, 0.4) is 0 Å². The molecule has 0 saturated carbocycles. The molecule has 2 aliphatic rings. The molecule has 0 amide bonds. The van der Waals surface area contributed by atoms with Gasteiger partial charge in [0.2, 0.25) is 0 Å². The van der Waals surface area contributed by atoms with E-state index < -0.39 is 17.4 Å². The van der Waals surface area contributed by atoms with Crippen LogP contribution in [0.1, 0.15) is 30.5 Å². The van der Waals surface area contributed by atoms with Crippen LogP contribution < -0.4 is 4.74 Å². The zero-order valence-electron chi connectivity index (χ0n) is 19.3. The maximum atomic E-state index is 12.6. The number of carboxylic acid groups (broad SMARTS) is 1. The second-order valence-corrected chi connectivity index (χ2v) is 9.50. The standard InChI is InChI=1S/C26H33FN2O4/c1-18(25(31)32)15-29-10-9-20-13-22(30)5-8-24(20)26(29,2)21-3-6-23(7-4-21)33-12-11-28-16-19(14-27)17-28/h3-8,13,18-19,30H,9-12,14-17H2,1-2H3,(H,31,32)/t18-,26+/m1/s1. The number of likely N-dealkylation sites (tertiary alicyclic amines) is 1. The van der Waals surface area contributed by atoms with Gasteiger partial charge in [-0.25, -0.2) is 0 Å². The van der Waals surface area contributed by atoms with E-state index in [1.807, 2.05) is 36.4 Å². The number of ether oxygens (including phenoxy) is 1. The minimum atomic E-state index is -0.808. The van der Waals surface area contributed by atoms with Crippen molar-refractivity contribution in [2.75, 3.05) is 46.0 Å². The van der Waals surface area contributed by atoms with Gasteiger partial charge in [-0.15, -0.1) is 0 Å². The molecule has 0 aromatic heterocycles. The molecule has 0 radical (unpaired) electrons. The largest absolute Gasteiger partial charge is 0.508 e. The van der Waals surface area contributed by atoms with Gasteiger partial charge in [-0.3, -0.25) is 19.0 Å². The summed E-state index contributed by atoms with van der Waals surface area (Å²) in [5.74, 6) is -0.108. The fourth-order valence-electron chi connectivity index (χ4n) is 5.06. The molecule has 1 fully saturated rings. The predicted octanol–water partition coefficient (Wildman–Crippen LogP) is 3.51. The fraction of sp³-hybridized carbons (Fsp3) is 0.500. The lowest BCUT2D eigenvalue weighted by Gasteiger charge is -2.47. The van der Waals surface area contributed by atoms with Gasteiger partial charge in [0, 0.05) is 38.6 Å². The van der Waals surface area contributed by atoms with E-state index in [2.05, 4.69) is 16.7 Å². The third kappa shape index (κ3) is 4.84. The molecular weight excluding hydrogens is 423 g/mol. The van der Waals surface area contributed by atoms with E-state index in [-0.39, 0.29) is 18.3 Å². The zero-order chi connectivity index (χ0) is 23.6. The first-order chi connectivity index (χ1) is 15.8. The van der Waals surface area contributed by atoms with Crippen molar-refractivity contribution >= 4 is 5.97 Å². The molecule has 33 heavy (non-hydrogen) atoms. The Kier molecular flexibility index (Phi) is 6.91. The summed E-state index contributed by atoms with van der Waals surface area (Å²) in [5.41, 5.74) is 2.69. The van der Waals surface area contributed by atoms with Gasteiger partial charge in [-0.05, 0) is 54.3 Å². The maximum absolute atomic E-state index is 12.6. The van der Waals surface area contributed by atoms with E-state index in [0.29, 0.717) is 19.7 Å². The lowest BCUT2D eigenvalue weighted by Crippen LogP contribution is -2.51. The number of hydrogen-bond acceptors (Lipinski definition) is 5. The average Bonchev–Trinajstić information content (AvgIpc) is 2.77. The van der Waals surface area contributed by atoms with Gasteiger partial charge in [-0.1, -0.05) is 25.1 Å². The molecule has 2 N–H and O–H groups in total. The van der Waals surface area contributed by atoms with Crippen LogP contribution in [0.5, 0.6) is 11.5 Å². The van der Waals surface area contributed by atoms with Crippen molar-refractivity contribution in [2.24, 2.45) is 11.8 Å². The minimum absolute atomic E-state index is 0.178. The summed E-state index contributed by atoms with van der Waals surface area (Å²) in [5, 5.41) is 19.5. The second kappa shape index (κ2) is 9.69. The van der Waals surface area contributed by atoms with Gasteiger partial charge in [0.1, 0.15) is 18.1 Å². The monoisotopic (exact) mass is 456 g/mol. The summed E-state index contributed by atoms with van der Waals surface area (Å²) in [7, 11) is 0. The highest BCUT2D eigenvalue weighted by atomic mass is 19.1. The molecule has 6 nitrogen and oxygen atoms in total. The summed E-state index contributed by atoms with van der Waals surface area (Å²) < 4.78 is 18.5. The zero-order valence-corrected chi connectivity index (χ0v) is 19.3. The number of fused-ring (bicyclic) bond motifs is 1. The van der Waals surface area contributed by atoms with E-state index in [1.165, 1.54) is 0 Å². The molecule has 2 atom stereocenters. The van der Waals surface area contributed by atoms with Gasteiger partial charge in [0.15, 0.2) is 0 Å². The van der Waals surface area contributed by atoms with Crippen LogP contribution in [0, 0.1) is 11.8 Å². The molecule has 0 aliphatic carbocycles. The van der Waals surface area contributed by atoms with Gasteiger partial charge in [-0.2, -0.15) is 0 Å². The Morgan fingerprint density at radius 1 is 1.24 bits per heavy atom. The Balaban J connectivity index is 1.52. The van der Waals surface area contributed by atoms with Crippen LogP contribution in [-0.2, 0) is 16.8 Å². The Labute approximate surface area is 194 Å². The van der Waals surface area contributed by atoms with Crippen LogP contribution >= 0.6 is 0 Å². The van der Waals surface area contributed by atoms with Gasteiger partial charge in [0.05, 0.1) is 18.1 Å². The molecule has 2 heterocycles. The molecule has 4 rings (SSSR count). The van der Waals surface area contributed by atoms with Crippen LogP contribution in [-0.4, -0.2) is 72.0 Å². The van der Waals surface area contributed by atoms with Crippen molar-refractivity contribution in [3.63, 3.8) is 0 Å². The highest BCUT2D eigenvalue weighted by Crippen LogP contribution is 2.42. The number of aromatic hydroxyl groups is 1. The minimum Gasteiger partial charge on any atom is -0.508 e. The highest BCUT2D eigenvalue weighted by Gasteiger charge is 2.41. The van der Waals surface area contributed by atoms with Crippen molar-refractivity contribution in [3.05, 3.63) is 59.2 Å². The van der Waals surface area contributed by atoms with E-state index in [9.17, 15) is 19.4 Å². The topological polar surface area (TPSA) is 73.2 Å². The molecule has 0 unspecified atom stereocenters. The molecule has 178 valence electrons. The molecule has 0 bridgehead atoms. The molecule has 7 heteroatoms. The number of alkyl halides is 1. The summed E-state index contributed by atoms with van der Waals surface area (Å²) in [4.78, 5) is 16.0. The smallest absolute Gasteiger partial charge is 0.307 e. The van der Waals surface area contributed by atoms with Crippen molar-refractivity contribution in [1.82, 2.24) is 9.80 Å². The quantitative estimate of drug-likeness (QED) is 0.602. The third-order valence-corrected chi connectivity index (χ3v) is 7.16. The summed E-state index contributed by atoms with van der Waals surface area (Å²) in [6, 6.07) is 13.4. The average molecular weight is 457 g/mol. The molecule has 2 aromatic rings. The van der Waals surface area contributed by atoms with Crippen LogP contribution in [0.25, 0.3) is 0 Å². The number of hydrogen-bond donors (Lipinski definition) is 2. The molecule has 1 saturated heterocycles. The number of benzene rings is 2. The number of carbonyl (C=O) groups is 1. The summed E-state index contributed by atoms with van der Waals surface area (Å²) in [6.07, 6.45) is 0.757. The van der Waals surface area contributed by atoms with Crippen LogP contribution in [0.15, 0.2) is 42.5 Å². The number of phenols is 1. The molecule has 2 aliphatic heterocycles. The summed E-state index contributed by atoms with van der Waals surface area (Å²) in [6.45, 7) is 7.69. The van der Waals surface area contributed by atoms with E-state index >= 15 is 0 Å². The number of rotatable bonds is 9. The van der Waals surface area contributed by atoms with Crippen molar-refractivity contribution in [1.29, 1.82) is 0 Å². The summed E-state index contributed by atoms with van der Waals surface area (Å²) >= 11 is 0. The van der Waals surface area contributed by atoms with E-state index in [0.717, 1.165) is 48.5 Å². The number of phenolic OH excluding ortho intramolecular Hbond substituents is 1. The Bertz CT molecular complexity index is 977. The molecule has 2 aromatic carbocycles. The van der Waals surface area contributed by atoms with Crippen molar-refractivity contribution in [3.8, 4) is 11.5 Å². The second-order valence-electron chi connectivity index (χ2n) is 9.50.